The van der Waals surface area contributed by atoms with Gasteiger partial charge in [0.2, 0.25) is 23.6 Å². The van der Waals surface area contributed by atoms with Crippen molar-refractivity contribution in [2.45, 2.75) is 45.7 Å². The maximum absolute atomic E-state index is 13.2. The number of benzene rings is 1. The van der Waals surface area contributed by atoms with Gasteiger partial charge in [-0.15, -0.1) is 0 Å². The van der Waals surface area contributed by atoms with E-state index in [1.165, 1.54) is 9.80 Å². The van der Waals surface area contributed by atoms with Crippen molar-refractivity contribution in [1.29, 1.82) is 0 Å². The number of allylic oxidation sites excluding steroid dienone is 2. The van der Waals surface area contributed by atoms with Crippen LogP contribution in [-0.4, -0.2) is 59.7 Å². The molecule has 0 radical (unpaired) electrons. The topological polar surface area (TPSA) is 96.0 Å². The highest BCUT2D eigenvalue weighted by molar-refractivity contribution is 6.05. The molecule has 8 heteroatoms. The van der Waals surface area contributed by atoms with Crippen molar-refractivity contribution in [3.63, 3.8) is 0 Å². The second-order valence-electron chi connectivity index (χ2n) is 8.18. The summed E-state index contributed by atoms with van der Waals surface area (Å²) in [5.41, 5.74) is 0.819. The number of fused-ring (bicyclic) bond motifs is 1. The molecule has 32 heavy (non-hydrogen) atoms. The van der Waals surface area contributed by atoms with Crippen LogP contribution in [0.3, 0.4) is 0 Å². The fourth-order valence-corrected chi connectivity index (χ4v) is 4.31. The molecule has 0 bridgehead atoms. The molecule has 1 fully saturated rings. The third-order valence-corrected chi connectivity index (χ3v) is 6.15. The number of nitrogens with zero attached hydrogens (tertiary/aromatic N) is 2. The van der Waals surface area contributed by atoms with Crippen molar-refractivity contribution in [1.82, 2.24) is 15.1 Å². The molecule has 1 aliphatic carbocycles. The molecule has 3 rings (SSSR count). The maximum Gasteiger partial charge on any atom is 0.242 e. The summed E-state index contributed by atoms with van der Waals surface area (Å²) < 4.78 is 5.26. The minimum Gasteiger partial charge on any atom is -0.497 e. The summed E-state index contributed by atoms with van der Waals surface area (Å²) in [6.45, 7) is 4.19. The average Bonchev–Trinajstić information content (AvgIpc) is 3.05. The molecule has 1 saturated heterocycles. The zero-order chi connectivity index (χ0) is 23.3. The number of likely N-dealkylation sites (tertiary alicyclic amines) is 1. The molecule has 1 aromatic rings. The summed E-state index contributed by atoms with van der Waals surface area (Å²) in [5, 5.41) is 2.75. The molecule has 0 saturated carbocycles. The lowest BCUT2D eigenvalue weighted by Crippen LogP contribution is -2.48. The van der Waals surface area contributed by atoms with E-state index in [-0.39, 0.29) is 55.0 Å². The van der Waals surface area contributed by atoms with Crippen LogP contribution < -0.4 is 10.1 Å². The van der Waals surface area contributed by atoms with Crippen LogP contribution in [-0.2, 0) is 25.7 Å². The molecule has 0 aromatic heterocycles. The quantitative estimate of drug-likeness (QED) is 0.466. The normalized spacial score (nSPS) is 20.7. The summed E-state index contributed by atoms with van der Waals surface area (Å²) in [7, 11) is 1.57. The van der Waals surface area contributed by atoms with Gasteiger partial charge < -0.3 is 15.0 Å². The van der Waals surface area contributed by atoms with Crippen LogP contribution in [0.15, 0.2) is 36.4 Å². The maximum atomic E-state index is 13.2. The Hall–Kier alpha value is -3.16. The Kier molecular flexibility index (Phi) is 7.66. The second-order valence-corrected chi connectivity index (χ2v) is 8.18. The van der Waals surface area contributed by atoms with Gasteiger partial charge in [0.25, 0.3) is 0 Å². The number of methoxy groups -OCH3 is 1. The highest BCUT2D eigenvalue weighted by Crippen LogP contribution is 2.35. The number of likely N-dealkylation sites (N-methyl/N-ethyl adjacent to an activating group) is 1. The highest BCUT2D eigenvalue weighted by atomic mass is 16.5. The fourth-order valence-electron chi connectivity index (χ4n) is 4.31. The SMILES string of the molecule is CCNC(=O)C(C)N(Cc1cccc(OC)c1)C(=O)CCN1C(=O)[C@H]2CC=CC[C@H]2C1=O. The molecule has 2 aliphatic rings. The molecule has 172 valence electrons. The van der Waals surface area contributed by atoms with Crippen molar-refractivity contribution < 1.29 is 23.9 Å². The Morgan fingerprint density at radius 3 is 2.44 bits per heavy atom. The Labute approximate surface area is 188 Å². The Morgan fingerprint density at radius 1 is 1.19 bits per heavy atom. The van der Waals surface area contributed by atoms with E-state index in [9.17, 15) is 19.2 Å². The molecule has 3 atom stereocenters. The minimum absolute atomic E-state index is 0.0280. The smallest absolute Gasteiger partial charge is 0.242 e. The van der Waals surface area contributed by atoms with Crippen LogP contribution in [0, 0.1) is 11.8 Å². The van der Waals surface area contributed by atoms with Crippen LogP contribution >= 0.6 is 0 Å². The number of hydrogen-bond donors (Lipinski definition) is 1. The van der Waals surface area contributed by atoms with E-state index < -0.39 is 6.04 Å². The monoisotopic (exact) mass is 441 g/mol. The van der Waals surface area contributed by atoms with Gasteiger partial charge in [-0.2, -0.15) is 0 Å². The number of carbonyl (C=O) groups excluding carboxylic acids is 4. The minimum atomic E-state index is -0.703. The van der Waals surface area contributed by atoms with Crippen molar-refractivity contribution >= 4 is 23.6 Å². The van der Waals surface area contributed by atoms with E-state index in [2.05, 4.69) is 5.32 Å². The lowest BCUT2D eigenvalue weighted by Gasteiger charge is -2.29. The van der Waals surface area contributed by atoms with Gasteiger partial charge in [0.05, 0.1) is 18.9 Å². The molecular weight excluding hydrogens is 410 g/mol. The van der Waals surface area contributed by atoms with Crippen molar-refractivity contribution in [3.05, 3.63) is 42.0 Å². The second kappa shape index (κ2) is 10.4. The van der Waals surface area contributed by atoms with Crippen molar-refractivity contribution in [2.75, 3.05) is 20.2 Å². The predicted octanol–water partition coefficient (Wildman–Crippen LogP) is 1.89. The van der Waals surface area contributed by atoms with Gasteiger partial charge in [0.1, 0.15) is 11.8 Å². The van der Waals surface area contributed by atoms with Gasteiger partial charge in [0, 0.05) is 26.1 Å². The van der Waals surface area contributed by atoms with Crippen molar-refractivity contribution in [2.24, 2.45) is 11.8 Å². The van der Waals surface area contributed by atoms with E-state index in [4.69, 9.17) is 4.74 Å². The third kappa shape index (κ3) is 5.00. The Balaban J connectivity index is 1.72. The predicted molar refractivity (Wildman–Crippen MR) is 118 cm³/mol. The number of nitrogens with one attached hydrogen (secondary N) is 1. The van der Waals surface area contributed by atoms with E-state index in [1.807, 2.05) is 43.3 Å². The largest absolute Gasteiger partial charge is 0.497 e. The van der Waals surface area contributed by atoms with Crippen LogP contribution in [0.1, 0.15) is 38.7 Å². The van der Waals surface area contributed by atoms with E-state index in [0.29, 0.717) is 25.1 Å². The third-order valence-electron chi connectivity index (χ3n) is 6.15. The summed E-state index contributed by atoms with van der Waals surface area (Å²) >= 11 is 0. The van der Waals surface area contributed by atoms with Gasteiger partial charge in [-0.25, -0.2) is 0 Å². The van der Waals surface area contributed by atoms with Crippen molar-refractivity contribution in [3.8, 4) is 5.75 Å². The lowest BCUT2D eigenvalue weighted by molar-refractivity contribution is -0.143. The Morgan fingerprint density at radius 2 is 1.84 bits per heavy atom. The number of rotatable bonds is 9. The Bertz CT molecular complexity index is 887. The molecule has 1 unspecified atom stereocenters. The lowest BCUT2D eigenvalue weighted by atomic mass is 9.85. The number of hydrogen-bond acceptors (Lipinski definition) is 5. The van der Waals surface area contributed by atoms with E-state index in [1.54, 1.807) is 14.0 Å². The molecule has 1 aromatic carbocycles. The molecular formula is C24H31N3O5. The fraction of sp³-hybridized carbons (Fsp3) is 0.500. The first kappa shape index (κ1) is 23.5. The molecule has 1 N–H and O–H groups in total. The summed E-state index contributed by atoms with van der Waals surface area (Å²) in [6, 6.07) is 6.60. The van der Waals surface area contributed by atoms with Crippen LogP contribution in [0.5, 0.6) is 5.75 Å². The summed E-state index contributed by atoms with van der Waals surface area (Å²) in [4.78, 5) is 53.8. The van der Waals surface area contributed by atoms with Gasteiger partial charge in [0.15, 0.2) is 0 Å². The first-order valence-electron chi connectivity index (χ1n) is 11.1. The number of imide groups is 1. The molecule has 0 spiro atoms. The summed E-state index contributed by atoms with van der Waals surface area (Å²) in [5.74, 6) is -0.921. The number of amides is 4. The summed E-state index contributed by atoms with van der Waals surface area (Å²) in [6.07, 6.45) is 4.97. The van der Waals surface area contributed by atoms with E-state index >= 15 is 0 Å². The number of ether oxygens (including phenoxy) is 1. The molecule has 1 heterocycles. The first-order valence-corrected chi connectivity index (χ1v) is 11.1. The van der Waals surface area contributed by atoms with Gasteiger partial charge in [-0.1, -0.05) is 24.3 Å². The van der Waals surface area contributed by atoms with Gasteiger partial charge >= 0.3 is 0 Å². The van der Waals surface area contributed by atoms with Crippen LogP contribution in [0.2, 0.25) is 0 Å². The average molecular weight is 442 g/mol. The van der Waals surface area contributed by atoms with Crippen LogP contribution in [0.25, 0.3) is 0 Å². The molecule has 1 aliphatic heterocycles. The first-order chi connectivity index (χ1) is 15.4. The molecule has 4 amide bonds. The highest BCUT2D eigenvalue weighted by Gasteiger charge is 2.47. The van der Waals surface area contributed by atoms with E-state index in [0.717, 1.165) is 5.56 Å². The zero-order valence-electron chi connectivity index (χ0n) is 18.9. The zero-order valence-corrected chi connectivity index (χ0v) is 18.9. The molecule has 8 nitrogen and oxygen atoms in total. The number of carbonyl (C=O) groups is 4. The van der Waals surface area contributed by atoms with Gasteiger partial charge in [-0.05, 0) is 44.4 Å². The standard InChI is InChI=1S/C24H31N3O5/c1-4-25-22(29)16(2)27(15-17-8-7-9-18(14-17)32-3)21(28)12-13-26-23(30)19-10-5-6-11-20(19)24(26)31/h5-9,14,16,19-20H,4,10-13,15H2,1-3H3,(H,25,29)/t16?,19-,20+. The van der Waals surface area contributed by atoms with Crippen LogP contribution in [0.4, 0.5) is 0 Å². The van der Waals surface area contributed by atoms with Gasteiger partial charge in [-0.3, -0.25) is 24.1 Å².